The summed E-state index contributed by atoms with van der Waals surface area (Å²) < 4.78 is 2.65. The molecule has 3 aliphatic rings. The Hall–Kier alpha value is -5.28. The molecule has 0 amide bonds. The van der Waals surface area contributed by atoms with E-state index in [0.29, 0.717) is 5.71 Å². The number of rotatable bonds is 5. The van der Waals surface area contributed by atoms with Gasteiger partial charge >= 0.3 is 0 Å². The highest BCUT2D eigenvalue weighted by molar-refractivity contribution is 6.15. The van der Waals surface area contributed by atoms with E-state index < -0.39 is 0 Å². The highest BCUT2D eigenvalue weighted by atomic mass is 15.0. The van der Waals surface area contributed by atoms with E-state index in [1.54, 1.807) is 0 Å². The second-order valence-electron chi connectivity index (χ2n) is 14.8. The van der Waals surface area contributed by atoms with Gasteiger partial charge in [-0.15, -0.1) is 0 Å². The molecule has 0 fully saturated rings. The van der Waals surface area contributed by atoms with Gasteiger partial charge in [0.15, 0.2) is 0 Å². The predicted octanol–water partition coefficient (Wildman–Crippen LogP) is 11.5. The van der Waals surface area contributed by atoms with Crippen molar-refractivity contribution in [1.82, 2.24) is 4.57 Å². The van der Waals surface area contributed by atoms with Gasteiger partial charge in [-0.3, -0.25) is 4.99 Å². The highest BCUT2D eigenvalue weighted by Gasteiger charge is 2.43. The number of nitrogens with zero attached hydrogens (tertiary/aromatic N) is 2. The van der Waals surface area contributed by atoms with Crippen LogP contribution in [0.2, 0.25) is 0 Å². The lowest BCUT2D eigenvalue weighted by Crippen LogP contribution is -2.22. The van der Waals surface area contributed by atoms with Gasteiger partial charge in [0.25, 0.3) is 0 Å². The number of nitrogens with one attached hydrogen (secondary N) is 1. The van der Waals surface area contributed by atoms with E-state index in [9.17, 15) is 0 Å². The van der Waals surface area contributed by atoms with Gasteiger partial charge in [0, 0.05) is 21.7 Å². The van der Waals surface area contributed by atoms with Crippen molar-refractivity contribution in [2.75, 3.05) is 0 Å². The van der Waals surface area contributed by atoms with Gasteiger partial charge in [0.2, 0.25) is 0 Å². The van der Waals surface area contributed by atoms with E-state index in [0.717, 1.165) is 36.1 Å². The van der Waals surface area contributed by atoms with Crippen molar-refractivity contribution < 1.29 is 0 Å². The first kappa shape index (κ1) is 31.0. The van der Waals surface area contributed by atoms with Crippen LogP contribution in [0.1, 0.15) is 74.4 Å². The number of hydrogen-bond donors (Lipinski definition) is 1. The Kier molecular flexibility index (Phi) is 7.41. The minimum atomic E-state index is -0.171. The molecular weight excluding hydrogens is 595 g/mol. The first-order valence-electron chi connectivity index (χ1n) is 17.5. The summed E-state index contributed by atoms with van der Waals surface area (Å²) in [5.41, 5.74) is 14.0. The van der Waals surface area contributed by atoms with Crippen LogP contribution in [0.5, 0.6) is 0 Å². The maximum Gasteiger partial charge on any atom is 0.0712 e. The molecule has 5 aromatic rings. The van der Waals surface area contributed by atoms with Crippen LogP contribution in [0, 0.1) is 5.41 Å². The van der Waals surface area contributed by atoms with Crippen LogP contribution in [-0.2, 0) is 17.3 Å². The van der Waals surface area contributed by atoms with Crippen LogP contribution in [0.3, 0.4) is 0 Å². The van der Waals surface area contributed by atoms with E-state index in [4.69, 9.17) is 5.41 Å². The molecule has 242 valence electrons. The topological polar surface area (TPSA) is 41.1 Å². The van der Waals surface area contributed by atoms with Crippen molar-refractivity contribution in [2.24, 2.45) is 4.99 Å². The van der Waals surface area contributed by atoms with Crippen molar-refractivity contribution in [1.29, 1.82) is 5.41 Å². The average molecular weight is 638 g/mol. The van der Waals surface area contributed by atoms with E-state index in [-0.39, 0.29) is 16.9 Å². The Morgan fingerprint density at radius 3 is 2.41 bits per heavy atom. The molecule has 3 heteroatoms. The monoisotopic (exact) mass is 637 g/mol. The van der Waals surface area contributed by atoms with E-state index >= 15 is 0 Å². The number of para-hydroxylation sites is 1. The smallest absolute Gasteiger partial charge is 0.0712 e. The van der Waals surface area contributed by atoms with Crippen LogP contribution in [0.4, 0.5) is 0 Å². The molecule has 1 atom stereocenters. The zero-order chi connectivity index (χ0) is 33.9. The van der Waals surface area contributed by atoms with Crippen LogP contribution >= 0.6 is 0 Å². The largest absolute Gasteiger partial charge is 0.333 e. The number of allylic oxidation sites excluding steroid dienone is 8. The number of aliphatic imine (C=N–C) groups is 1. The Morgan fingerprint density at radius 1 is 0.898 bits per heavy atom. The van der Waals surface area contributed by atoms with Crippen molar-refractivity contribution in [3.05, 3.63) is 167 Å². The first-order valence-corrected chi connectivity index (χ1v) is 17.5. The third-order valence-corrected chi connectivity index (χ3v) is 11.0. The second kappa shape index (κ2) is 11.7. The third kappa shape index (κ3) is 4.86. The van der Waals surface area contributed by atoms with Crippen LogP contribution < -0.4 is 0 Å². The molecule has 1 unspecified atom stereocenters. The standard InChI is InChI=1S/C46H43N3/c1-45(2)28-16-7-6-11-21-35-40-33-19-12-14-22-36(33)46(3,4)43(40)44-41(42(35)45)34-20-13-15-23-39(34)49(44)32-26-24-31(25-27-32)38(48-5)29-37(47)30-17-9-8-10-18-30/h6-20,22-26,29,32,47H,5,21,27-28H2,1-4H3/b11-6-,16-7-,38-29-,47-37?. The first-order chi connectivity index (χ1) is 23.7. The molecule has 0 bridgehead atoms. The van der Waals surface area contributed by atoms with Crippen molar-refractivity contribution in [2.45, 2.75) is 63.8 Å². The van der Waals surface area contributed by atoms with E-state index in [1.807, 2.05) is 36.4 Å². The summed E-state index contributed by atoms with van der Waals surface area (Å²) in [4.78, 5) is 4.38. The molecule has 3 aliphatic carbocycles. The Labute approximate surface area is 289 Å². The van der Waals surface area contributed by atoms with Crippen LogP contribution in [0.15, 0.2) is 144 Å². The van der Waals surface area contributed by atoms with E-state index in [1.165, 1.54) is 55.2 Å². The summed E-state index contributed by atoms with van der Waals surface area (Å²) in [7, 11) is 0. The average Bonchev–Trinajstić information content (AvgIpc) is 3.59. The number of fused-ring (bicyclic) bond motifs is 10. The van der Waals surface area contributed by atoms with E-state index in [2.05, 4.69) is 135 Å². The van der Waals surface area contributed by atoms with Crippen molar-refractivity contribution in [3.8, 4) is 11.1 Å². The molecule has 4 aromatic carbocycles. The molecular formula is C46H43N3. The van der Waals surface area contributed by atoms with Gasteiger partial charge in [0.1, 0.15) is 0 Å². The molecule has 0 saturated carbocycles. The molecule has 0 radical (unpaired) electrons. The molecule has 1 N–H and O–H groups in total. The fourth-order valence-electron chi connectivity index (χ4n) is 8.75. The lowest BCUT2D eigenvalue weighted by Gasteiger charge is -2.32. The van der Waals surface area contributed by atoms with Crippen LogP contribution in [0.25, 0.3) is 32.9 Å². The minimum absolute atomic E-state index is 0.0736. The quantitative estimate of drug-likeness (QED) is 0.186. The minimum Gasteiger partial charge on any atom is -0.333 e. The fourth-order valence-corrected chi connectivity index (χ4v) is 8.75. The maximum atomic E-state index is 8.70. The summed E-state index contributed by atoms with van der Waals surface area (Å²) in [6.07, 6.45) is 20.5. The zero-order valence-electron chi connectivity index (χ0n) is 28.9. The maximum absolute atomic E-state index is 8.70. The Balaban J connectivity index is 1.38. The SMILES string of the molecule is C=N/C(=C\C(=N)c1ccccc1)C1=CCC(n2c3ccccc3c3c4c(c5c(c32)C(C)(C)c2ccccc2-5)C/C=C\C=C/CC4(C)C)C=C1. The van der Waals surface area contributed by atoms with Gasteiger partial charge in [0.05, 0.1) is 23.0 Å². The predicted molar refractivity (Wildman–Crippen MR) is 208 cm³/mol. The second-order valence-corrected chi connectivity index (χ2v) is 14.8. The molecule has 0 aliphatic heterocycles. The molecule has 8 rings (SSSR count). The number of hydrogen-bond acceptors (Lipinski definition) is 2. The summed E-state index contributed by atoms with van der Waals surface area (Å²) >= 11 is 0. The zero-order valence-corrected chi connectivity index (χ0v) is 28.9. The normalized spacial score (nSPS) is 20.4. The number of aromatic nitrogens is 1. The lowest BCUT2D eigenvalue weighted by atomic mass is 9.72. The fraction of sp³-hybridized carbons (Fsp3) is 0.217. The lowest BCUT2D eigenvalue weighted by molar-refractivity contribution is 0.534. The van der Waals surface area contributed by atoms with Crippen LogP contribution in [-0.4, -0.2) is 17.0 Å². The Morgan fingerprint density at radius 2 is 1.63 bits per heavy atom. The van der Waals surface area contributed by atoms with Gasteiger partial charge in [-0.05, 0) is 88.1 Å². The highest BCUT2D eigenvalue weighted by Crippen LogP contribution is 2.57. The summed E-state index contributed by atoms with van der Waals surface area (Å²) in [6.45, 7) is 13.6. The molecule has 1 heterocycles. The van der Waals surface area contributed by atoms with Crippen molar-refractivity contribution >= 4 is 34.2 Å². The summed E-state index contributed by atoms with van der Waals surface area (Å²) in [5, 5.41) is 11.4. The summed E-state index contributed by atoms with van der Waals surface area (Å²) in [5.74, 6) is 0. The number of benzene rings is 4. The Bertz CT molecular complexity index is 2330. The molecule has 3 nitrogen and oxygen atoms in total. The summed E-state index contributed by atoms with van der Waals surface area (Å²) in [6, 6.07) is 28.1. The van der Waals surface area contributed by atoms with Gasteiger partial charge in [-0.2, -0.15) is 0 Å². The molecule has 1 aromatic heterocycles. The van der Waals surface area contributed by atoms with Gasteiger partial charge in [-0.25, -0.2) is 0 Å². The molecule has 49 heavy (non-hydrogen) atoms. The van der Waals surface area contributed by atoms with Gasteiger partial charge in [-0.1, -0.05) is 143 Å². The van der Waals surface area contributed by atoms with Crippen molar-refractivity contribution in [3.63, 3.8) is 0 Å². The molecule has 0 saturated heterocycles. The molecule has 0 spiro atoms. The third-order valence-electron chi connectivity index (χ3n) is 11.0. The van der Waals surface area contributed by atoms with Gasteiger partial charge < -0.3 is 9.98 Å².